The van der Waals surface area contributed by atoms with Gasteiger partial charge in [-0.3, -0.25) is 0 Å². The van der Waals surface area contributed by atoms with Crippen molar-refractivity contribution in [1.29, 1.82) is 0 Å². The first-order chi connectivity index (χ1) is 10.8. The maximum atomic E-state index is 2.63. The molecule has 1 unspecified atom stereocenters. The molecule has 0 saturated carbocycles. The fraction of sp³-hybridized carbons (Fsp3) is 0.400. The van der Waals surface area contributed by atoms with E-state index in [0.29, 0.717) is 0 Å². The predicted octanol–water partition coefficient (Wildman–Crippen LogP) is -0.139. The minimum Gasteiger partial charge on any atom is -1.00 e. The summed E-state index contributed by atoms with van der Waals surface area (Å²) >= 11 is -0.800. The quantitative estimate of drug-likeness (QED) is 0.456. The van der Waals surface area contributed by atoms with Gasteiger partial charge in [-0.25, -0.2) is 0 Å². The molecular formula is C20H24Cl2HfSi. The van der Waals surface area contributed by atoms with E-state index in [1.54, 1.807) is 29.3 Å². The zero-order valence-electron chi connectivity index (χ0n) is 14.2. The van der Waals surface area contributed by atoms with Gasteiger partial charge in [-0.2, -0.15) is 0 Å². The van der Waals surface area contributed by atoms with E-state index in [1.807, 2.05) is 6.66 Å². The monoisotopic (exact) mass is 542 g/mol. The third-order valence-corrected chi connectivity index (χ3v) is 17.9. The maximum Gasteiger partial charge on any atom is -1.00 e. The average Bonchev–Trinajstić information content (AvgIpc) is 3.11. The summed E-state index contributed by atoms with van der Waals surface area (Å²) in [7, 11) is -1.06. The minimum absolute atomic E-state index is 0. The smallest absolute Gasteiger partial charge is 1.00 e. The molecule has 2 aliphatic carbocycles. The van der Waals surface area contributed by atoms with Crippen LogP contribution in [0.15, 0.2) is 49.2 Å². The van der Waals surface area contributed by atoms with Gasteiger partial charge in [0.2, 0.25) is 0 Å². The van der Waals surface area contributed by atoms with Crippen LogP contribution in [-0.4, -0.2) is 8.07 Å². The molecule has 0 amide bonds. The second-order valence-electron chi connectivity index (χ2n) is 7.08. The molecule has 1 atom stereocenters. The standard InChI is InChI=1S/C15H19Si.C5H5.2ClH.Hf/c1-2-10-16(11-5-12-16)15-9-8-13-6-3-4-7-14(13)15;1-2-4-5-3-1;;;/h3-4,6-8,15H,2,5,10-12H2,1H3;1-3H,4H2;2*1H;/q;;;;+2/p-2. The van der Waals surface area contributed by atoms with Gasteiger partial charge >= 0.3 is 147 Å². The number of rotatable bonds is 5. The van der Waals surface area contributed by atoms with Crippen molar-refractivity contribution in [3.8, 4) is 0 Å². The van der Waals surface area contributed by atoms with Crippen molar-refractivity contribution in [2.45, 2.75) is 49.9 Å². The molecule has 1 heterocycles. The zero-order valence-corrected chi connectivity index (χ0v) is 20.3. The van der Waals surface area contributed by atoms with Crippen molar-refractivity contribution in [2.75, 3.05) is 0 Å². The molecule has 0 aromatic heterocycles. The molecule has 1 fully saturated rings. The predicted molar refractivity (Wildman–Crippen MR) is 94.1 cm³/mol. The number of fused-ring (bicyclic) bond motifs is 1. The Morgan fingerprint density at radius 1 is 1.17 bits per heavy atom. The summed E-state index contributed by atoms with van der Waals surface area (Å²) in [6, 6.07) is 14.1. The van der Waals surface area contributed by atoms with Gasteiger partial charge in [0, 0.05) is 0 Å². The van der Waals surface area contributed by atoms with E-state index in [2.05, 4.69) is 55.5 Å². The molecule has 3 aliphatic rings. The van der Waals surface area contributed by atoms with Crippen LogP contribution in [0.4, 0.5) is 0 Å². The molecule has 4 heteroatoms. The molecule has 0 radical (unpaired) electrons. The molecule has 0 N–H and O–H groups in total. The van der Waals surface area contributed by atoms with Crippen molar-refractivity contribution in [2.24, 2.45) is 0 Å². The van der Waals surface area contributed by atoms with E-state index >= 15 is 0 Å². The van der Waals surface area contributed by atoms with E-state index in [4.69, 9.17) is 0 Å². The first-order valence-electron chi connectivity index (χ1n) is 8.76. The van der Waals surface area contributed by atoms with Crippen LogP contribution < -0.4 is 24.8 Å². The van der Waals surface area contributed by atoms with E-state index in [0.717, 1.165) is 5.54 Å². The van der Waals surface area contributed by atoms with E-state index in [-0.39, 0.29) is 24.8 Å². The third kappa shape index (κ3) is 3.63. The van der Waals surface area contributed by atoms with Gasteiger partial charge in [0.1, 0.15) is 0 Å². The SMILES string of the molecule is CCC[Si]1(C2[C]([Hf+2][C]3=CC=CC3)=Cc3ccccc32)CCC1.[Cl-].[Cl-]. The molecule has 0 nitrogen and oxygen atoms in total. The Hall–Kier alpha value is 0.107. The summed E-state index contributed by atoms with van der Waals surface area (Å²) in [4.78, 5) is 0. The molecule has 1 aromatic carbocycles. The van der Waals surface area contributed by atoms with Crippen LogP contribution in [0.1, 0.15) is 42.9 Å². The van der Waals surface area contributed by atoms with Gasteiger partial charge in [-0.1, -0.05) is 0 Å². The largest absolute Gasteiger partial charge is 1.00 e. The summed E-state index contributed by atoms with van der Waals surface area (Å²) in [5.41, 5.74) is 4.19. The molecule has 1 aromatic rings. The molecule has 4 rings (SSSR count). The summed E-state index contributed by atoms with van der Waals surface area (Å²) in [6.07, 6.45) is 13.9. The summed E-state index contributed by atoms with van der Waals surface area (Å²) in [6.45, 7) is 2.41. The van der Waals surface area contributed by atoms with Crippen molar-refractivity contribution in [3.63, 3.8) is 0 Å². The fourth-order valence-corrected chi connectivity index (χ4v) is 18.5. The van der Waals surface area contributed by atoms with Crippen molar-refractivity contribution in [1.82, 2.24) is 0 Å². The maximum absolute atomic E-state index is 2.63. The Balaban J connectivity index is 0.00000104. The minimum atomic E-state index is -1.06. The number of hydrogen-bond acceptors (Lipinski definition) is 0. The molecule has 0 bridgehead atoms. The van der Waals surface area contributed by atoms with Gasteiger partial charge < -0.3 is 24.8 Å². The van der Waals surface area contributed by atoms with Gasteiger partial charge in [-0.05, 0) is 0 Å². The summed E-state index contributed by atoms with van der Waals surface area (Å²) in [5.74, 6) is 0. The van der Waals surface area contributed by atoms with Crippen LogP contribution in [0.25, 0.3) is 6.08 Å². The van der Waals surface area contributed by atoms with Crippen LogP contribution >= 0.6 is 0 Å². The molecular weight excluding hydrogens is 518 g/mol. The van der Waals surface area contributed by atoms with Crippen LogP contribution in [0.2, 0.25) is 18.1 Å². The second kappa shape index (κ2) is 8.66. The van der Waals surface area contributed by atoms with E-state index in [9.17, 15) is 0 Å². The molecule has 0 spiro atoms. The van der Waals surface area contributed by atoms with E-state index in [1.165, 1.54) is 19.3 Å². The van der Waals surface area contributed by atoms with Gasteiger partial charge in [-0.15, -0.1) is 0 Å². The Labute approximate surface area is 171 Å². The second-order valence-corrected chi connectivity index (χ2v) is 17.2. The summed E-state index contributed by atoms with van der Waals surface area (Å²) < 4.78 is 3.75. The van der Waals surface area contributed by atoms with Crippen LogP contribution in [-0.2, 0) is 22.9 Å². The zero-order chi connectivity index (χ0) is 15.0. The van der Waals surface area contributed by atoms with E-state index < -0.39 is 31.0 Å². The molecule has 1 aliphatic heterocycles. The third-order valence-electron chi connectivity index (χ3n) is 5.71. The fourth-order valence-electron chi connectivity index (χ4n) is 4.63. The van der Waals surface area contributed by atoms with Crippen molar-refractivity contribution >= 4 is 14.1 Å². The molecule has 24 heavy (non-hydrogen) atoms. The first-order valence-corrected chi connectivity index (χ1v) is 15.0. The Kier molecular flexibility index (Phi) is 7.37. The summed E-state index contributed by atoms with van der Waals surface area (Å²) in [5, 5.41) is 0. The van der Waals surface area contributed by atoms with Gasteiger partial charge in [0.05, 0.1) is 0 Å². The Bertz CT molecular complexity index is 674. The molecule has 1 saturated heterocycles. The first kappa shape index (κ1) is 20.4. The van der Waals surface area contributed by atoms with Crippen LogP contribution in [0, 0.1) is 0 Å². The average molecular weight is 542 g/mol. The topological polar surface area (TPSA) is 0 Å². The Morgan fingerprint density at radius 3 is 2.58 bits per heavy atom. The number of halogens is 2. The van der Waals surface area contributed by atoms with Gasteiger partial charge in [0.25, 0.3) is 0 Å². The number of benzene rings is 1. The van der Waals surface area contributed by atoms with Gasteiger partial charge in [0.15, 0.2) is 0 Å². The molecule has 126 valence electrons. The normalized spacial score (nSPS) is 22.3. The number of hydrogen-bond donors (Lipinski definition) is 0. The van der Waals surface area contributed by atoms with Crippen LogP contribution in [0.3, 0.4) is 0 Å². The van der Waals surface area contributed by atoms with Crippen molar-refractivity contribution in [3.05, 3.63) is 60.3 Å². The van der Waals surface area contributed by atoms with Crippen molar-refractivity contribution < 1.29 is 47.7 Å². The van der Waals surface area contributed by atoms with Crippen LogP contribution in [0.5, 0.6) is 0 Å². The Morgan fingerprint density at radius 2 is 1.96 bits per heavy atom. The number of allylic oxidation sites excluding steroid dienone is 5.